The molecule has 0 atom stereocenters. The van der Waals surface area contributed by atoms with Crippen molar-refractivity contribution in [1.29, 1.82) is 0 Å². The average molecular weight is 469 g/mol. The fourth-order valence-corrected chi connectivity index (χ4v) is 6.02. The molecule has 0 N–H and O–H groups in total. The van der Waals surface area contributed by atoms with E-state index in [0.29, 0.717) is 45.8 Å². The molecule has 1 fully saturated rings. The van der Waals surface area contributed by atoms with Crippen LogP contribution < -0.4 is 18.9 Å². The van der Waals surface area contributed by atoms with Crippen LogP contribution in [-0.4, -0.2) is 37.8 Å². The molecular formula is C22H25ClO5S2. The highest BCUT2D eigenvalue weighted by Gasteiger charge is 2.22. The molecule has 3 rings (SSSR count). The Bertz CT molecular complexity index is 884. The number of halogens is 1. The smallest absolute Gasteiger partial charge is 0.343 e. The Hall–Kier alpha value is -1.70. The van der Waals surface area contributed by atoms with Crippen LogP contribution in [0.25, 0.3) is 0 Å². The molecule has 5 nitrogen and oxygen atoms in total. The molecule has 2 aromatic carbocycles. The van der Waals surface area contributed by atoms with Crippen molar-refractivity contribution >= 4 is 41.1 Å². The summed E-state index contributed by atoms with van der Waals surface area (Å²) in [4.78, 5) is 12.8. The number of esters is 1. The van der Waals surface area contributed by atoms with Gasteiger partial charge in [-0.15, -0.1) is 23.5 Å². The van der Waals surface area contributed by atoms with Crippen molar-refractivity contribution < 1.29 is 23.7 Å². The summed E-state index contributed by atoms with van der Waals surface area (Å²) < 4.78 is 22.8. The number of benzene rings is 2. The van der Waals surface area contributed by atoms with Crippen molar-refractivity contribution in [3.05, 3.63) is 46.5 Å². The summed E-state index contributed by atoms with van der Waals surface area (Å²) in [6.45, 7) is 4.78. The molecule has 1 aliphatic heterocycles. The molecule has 0 unspecified atom stereocenters. The molecule has 0 spiro atoms. The van der Waals surface area contributed by atoms with Crippen molar-refractivity contribution in [2.75, 3.05) is 31.8 Å². The standard InChI is InChI=1S/C22H25ClO5S2/c1-4-8-27-20-16(23)11-15(13-19(20)26-5-2)21(24)28-17-7-6-14(12-18(17)25-3)22-29-9-10-30-22/h6-7,11-13,22H,4-5,8-10H2,1-3H3. The van der Waals surface area contributed by atoms with Crippen LogP contribution >= 0.6 is 35.1 Å². The second-order valence-corrected chi connectivity index (χ2v) is 9.57. The summed E-state index contributed by atoms with van der Waals surface area (Å²) in [6, 6.07) is 8.80. The van der Waals surface area contributed by atoms with Crippen LogP contribution in [0.4, 0.5) is 0 Å². The van der Waals surface area contributed by atoms with Crippen LogP contribution in [0.3, 0.4) is 0 Å². The van der Waals surface area contributed by atoms with Crippen LogP contribution in [0, 0.1) is 0 Å². The molecule has 0 aliphatic carbocycles. The second kappa shape index (κ2) is 11.1. The van der Waals surface area contributed by atoms with E-state index in [9.17, 15) is 4.79 Å². The van der Waals surface area contributed by atoms with Crippen LogP contribution in [0.5, 0.6) is 23.0 Å². The Morgan fingerprint density at radius 2 is 1.83 bits per heavy atom. The van der Waals surface area contributed by atoms with Gasteiger partial charge in [-0.25, -0.2) is 4.79 Å². The molecule has 162 valence electrons. The molecule has 8 heteroatoms. The lowest BCUT2D eigenvalue weighted by atomic mass is 10.2. The van der Waals surface area contributed by atoms with Gasteiger partial charge in [0, 0.05) is 11.5 Å². The SMILES string of the molecule is CCCOc1c(Cl)cc(C(=O)Oc2ccc(C3SCCS3)cc2OC)cc1OCC. The number of ether oxygens (including phenoxy) is 4. The first-order valence-electron chi connectivity index (χ1n) is 9.79. The highest BCUT2D eigenvalue weighted by atomic mass is 35.5. The number of hydrogen-bond donors (Lipinski definition) is 0. The van der Waals surface area contributed by atoms with Gasteiger partial charge in [-0.05, 0) is 43.2 Å². The lowest BCUT2D eigenvalue weighted by Gasteiger charge is -2.16. The monoisotopic (exact) mass is 468 g/mol. The summed E-state index contributed by atoms with van der Waals surface area (Å²) >= 11 is 10.2. The molecule has 30 heavy (non-hydrogen) atoms. The van der Waals surface area contributed by atoms with Gasteiger partial charge in [0.05, 0.1) is 35.5 Å². The van der Waals surface area contributed by atoms with E-state index in [0.717, 1.165) is 23.5 Å². The fraction of sp³-hybridized carbons (Fsp3) is 0.409. The first-order chi connectivity index (χ1) is 14.6. The fourth-order valence-electron chi connectivity index (χ4n) is 2.92. The van der Waals surface area contributed by atoms with Gasteiger partial charge in [-0.3, -0.25) is 0 Å². The molecular weight excluding hydrogens is 444 g/mol. The number of thioether (sulfide) groups is 2. The van der Waals surface area contributed by atoms with Crippen LogP contribution in [0.2, 0.25) is 5.02 Å². The lowest BCUT2D eigenvalue weighted by molar-refractivity contribution is 0.0729. The van der Waals surface area contributed by atoms with E-state index >= 15 is 0 Å². The summed E-state index contributed by atoms with van der Waals surface area (Å²) in [5.41, 5.74) is 1.43. The number of carbonyl (C=O) groups is 1. The third kappa shape index (κ3) is 5.50. The third-order valence-corrected chi connectivity index (χ3v) is 7.67. The maximum Gasteiger partial charge on any atom is 0.343 e. The van der Waals surface area contributed by atoms with Crippen molar-refractivity contribution in [1.82, 2.24) is 0 Å². The first kappa shape index (κ1) is 23.0. The van der Waals surface area contributed by atoms with E-state index in [1.807, 2.05) is 49.5 Å². The largest absolute Gasteiger partial charge is 0.493 e. The van der Waals surface area contributed by atoms with Crippen LogP contribution in [0.15, 0.2) is 30.3 Å². The maximum absolute atomic E-state index is 12.8. The molecule has 0 bridgehead atoms. The van der Waals surface area contributed by atoms with Crippen molar-refractivity contribution in [3.63, 3.8) is 0 Å². The topological polar surface area (TPSA) is 54.0 Å². The predicted octanol–water partition coefficient (Wildman–Crippen LogP) is 6.23. The van der Waals surface area contributed by atoms with Gasteiger partial charge >= 0.3 is 5.97 Å². The quantitative estimate of drug-likeness (QED) is 0.319. The molecule has 0 aromatic heterocycles. The minimum atomic E-state index is -0.546. The summed E-state index contributed by atoms with van der Waals surface area (Å²) in [6.07, 6.45) is 0.833. The van der Waals surface area contributed by atoms with Crippen molar-refractivity contribution in [2.45, 2.75) is 24.9 Å². The van der Waals surface area contributed by atoms with Crippen molar-refractivity contribution in [3.8, 4) is 23.0 Å². The Morgan fingerprint density at radius 3 is 2.50 bits per heavy atom. The van der Waals surface area contributed by atoms with E-state index in [4.69, 9.17) is 30.5 Å². The first-order valence-corrected chi connectivity index (χ1v) is 12.3. The third-order valence-electron chi connectivity index (χ3n) is 4.28. The zero-order valence-electron chi connectivity index (χ0n) is 17.2. The Morgan fingerprint density at radius 1 is 1.07 bits per heavy atom. The number of carbonyl (C=O) groups excluding carboxylic acids is 1. The molecule has 1 heterocycles. The zero-order chi connectivity index (χ0) is 21.5. The highest BCUT2D eigenvalue weighted by Crippen LogP contribution is 2.47. The predicted molar refractivity (Wildman–Crippen MR) is 124 cm³/mol. The molecule has 0 saturated carbocycles. The Kier molecular flexibility index (Phi) is 8.48. The second-order valence-electron chi connectivity index (χ2n) is 6.44. The summed E-state index contributed by atoms with van der Waals surface area (Å²) in [7, 11) is 1.56. The van der Waals surface area contributed by atoms with Crippen LogP contribution in [0.1, 0.15) is 40.8 Å². The summed E-state index contributed by atoms with van der Waals surface area (Å²) in [5.74, 6) is 3.46. The van der Waals surface area contributed by atoms with Crippen molar-refractivity contribution in [2.24, 2.45) is 0 Å². The van der Waals surface area contributed by atoms with Gasteiger partial charge in [0.15, 0.2) is 23.0 Å². The molecule has 1 aliphatic rings. The van der Waals surface area contributed by atoms with Gasteiger partial charge in [0.2, 0.25) is 0 Å². The van der Waals surface area contributed by atoms with Gasteiger partial charge in [-0.2, -0.15) is 0 Å². The van der Waals surface area contributed by atoms with Gasteiger partial charge < -0.3 is 18.9 Å². The molecule has 2 aromatic rings. The van der Waals surface area contributed by atoms with Gasteiger partial charge in [0.25, 0.3) is 0 Å². The normalized spacial score (nSPS) is 13.9. The molecule has 1 saturated heterocycles. The Balaban J connectivity index is 1.82. The number of hydrogen-bond acceptors (Lipinski definition) is 7. The Labute approximate surface area is 190 Å². The van der Waals surface area contributed by atoms with E-state index in [1.165, 1.54) is 6.07 Å². The van der Waals surface area contributed by atoms with E-state index in [-0.39, 0.29) is 5.56 Å². The molecule has 0 radical (unpaired) electrons. The average Bonchev–Trinajstić information content (AvgIpc) is 3.28. The van der Waals surface area contributed by atoms with E-state index in [1.54, 1.807) is 19.2 Å². The van der Waals surface area contributed by atoms with Gasteiger partial charge in [-0.1, -0.05) is 24.6 Å². The van der Waals surface area contributed by atoms with Crippen LogP contribution in [-0.2, 0) is 0 Å². The highest BCUT2D eigenvalue weighted by molar-refractivity contribution is 8.19. The number of methoxy groups -OCH3 is 1. The van der Waals surface area contributed by atoms with E-state index < -0.39 is 5.97 Å². The van der Waals surface area contributed by atoms with E-state index in [2.05, 4.69) is 0 Å². The number of rotatable bonds is 9. The summed E-state index contributed by atoms with van der Waals surface area (Å²) in [5, 5.41) is 0.305. The van der Waals surface area contributed by atoms with Gasteiger partial charge in [0.1, 0.15) is 0 Å². The lowest BCUT2D eigenvalue weighted by Crippen LogP contribution is -2.11. The maximum atomic E-state index is 12.8. The minimum absolute atomic E-state index is 0.278. The zero-order valence-corrected chi connectivity index (χ0v) is 19.6. The minimum Gasteiger partial charge on any atom is -0.493 e. The molecule has 0 amide bonds.